The van der Waals surface area contributed by atoms with E-state index in [4.69, 9.17) is 4.98 Å². The Labute approximate surface area is 172 Å². The molecule has 10 heteroatoms. The lowest BCUT2D eigenvalue weighted by Crippen LogP contribution is -2.49. The molecule has 29 heavy (non-hydrogen) atoms. The summed E-state index contributed by atoms with van der Waals surface area (Å²) in [5.41, 5.74) is 0.858. The first-order valence-electron chi connectivity index (χ1n) is 9.20. The van der Waals surface area contributed by atoms with E-state index in [0.717, 1.165) is 15.2 Å². The van der Waals surface area contributed by atoms with Crippen LogP contribution in [0.3, 0.4) is 0 Å². The fourth-order valence-electron chi connectivity index (χ4n) is 3.45. The number of fused-ring (bicyclic) bond motifs is 1. The maximum absolute atomic E-state index is 12.9. The van der Waals surface area contributed by atoms with Gasteiger partial charge in [0.15, 0.2) is 0 Å². The minimum absolute atomic E-state index is 0.0794. The number of hydrogen-bond donors (Lipinski definition) is 0. The molecule has 0 N–H and O–H groups in total. The molecule has 0 saturated carbocycles. The van der Waals surface area contributed by atoms with E-state index in [-0.39, 0.29) is 16.6 Å². The molecule has 1 unspecified atom stereocenters. The number of hydrogen-bond acceptors (Lipinski definition) is 7. The number of rotatable bonds is 5. The lowest BCUT2D eigenvalue weighted by molar-refractivity contribution is -0.384. The van der Waals surface area contributed by atoms with Gasteiger partial charge in [0.05, 0.1) is 26.1 Å². The second-order valence-corrected chi connectivity index (χ2v) is 9.89. The first-order valence-corrected chi connectivity index (χ1v) is 11.5. The van der Waals surface area contributed by atoms with Gasteiger partial charge in [-0.3, -0.25) is 15.0 Å². The molecule has 0 bridgehead atoms. The van der Waals surface area contributed by atoms with Gasteiger partial charge in [0.2, 0.25) is 10.0 Å². The van der Waals surface area contributed by atoms with Crippen LogP contribution in [0.4, 0.5) is 5.69 Å². The van der Waals surface area contributed by atoms with Crippen LogP contribution in [0.5, 0.6) is 0 Å². The van der Waals surface area contributed by atoms with Crippen molar-refractivity contribution >= 4 is 37.3 Å². The van der Waals surface area contributed by atoms with Gasteiger partial charge < -0.3 is 0 Å². The van der Waals surface area contributed by atoms with E-state index in [1.807, 2.05) is 18.2 Å². The molecule has 0 radical (unpaired) electrons. The molecule has 0 spiro atoms. The molecule has 8 nitrogen and oxygen atoms in total. The number of nitro groups is 1. The van der Waals surface area contributed by atoms with Crippen molar-refractivity contribution in [1.29, 1.82) is 0 Å². The molecule has 1 aliphatic heterocycles. The number of nitrogens with zero attached hydrogens (tertiary/aromatic N) is 4. The van der Waals surface area contributed by atoms with Gasteiger partial charge in [0.1, 0.15) is 5.01 Å². The average molecular weight is 433 g/mol. The number of piperazine rings is 1. The Balaban J connectivity index is 1.44. The molecule has 1 aromatic heterocycles. The van der Waals surface area contributed by atoms with Crippen LogP contribution >= 0.6 is 11.3 Å². The summed E-state index contributed by atoms with van der Waals surface area (Å²) >= 11 is 1.67. The van der Waals surface area contributed by atoms with Crippen molar-refractivity contribution in [2.45, 2.75) is 17.9 Å². The smallest absolute Gasteiger partial charge is 0.269 e. The third kappa shape index (κ3) is 3.88. The summed E-state index contributed by atoms with van der Waals surface area (Å²) in [6.07, 6.45) is 0. The van der Waals surface area contributed by atoms with Crippen LogP contribution in [0.2, 0.25) is 0 Å². The van der Waals surface area contributed by atoms with E-state index in [1.165, 1.54) is 28.6 Å². The Kier molecular flexibility index (Phi) is 5.34. The number of para-hydroxylation sites is 1. The van der Waals surface area contributed by atoms with Crippen LogP contribution in [0, 0.1) is 10.1 Å². The van der Waals surface area contributed by atoms with Crippen LogP contribution in [0.1, 0.15) is 18.0 Å². The maximum Gasteiger partial charge on any atom is 0.269 e. The fraction of sp³-hybridized carbons (Fsp3) is 0.316. The molecule has 2 heterocycles. The third-order valence-electron chi connectivity index (χ3n) is 5.17. The summed E-state index contributed by atoms with van der Waals surface area (Å²) < 4.78 is 28.3. The van der Waals surface area contributed by atoms with Crippen molar-refractivity contribution in [2.24, 2.45) is 0 Å². The molecular weight excluding hydrogens is 412 g/mol. The molecule has 152 valence electrons. The van der Waals surface area contributed by atoms with E-state index in [1.54, 1.807) is 11.3 Å². The van der Waals surface area contributed by atoms with Crippen molar-refractivity contribution in [3.8, 4) is 0 Å². The topological polar surface area (TPSA) is 96.7 Å². The Morgan fingerprint density at radius 2 is 1.72 bits per heavy atom. The summed E-state index contributed by atoms with van der Waals surface area (Å²) in [5, 5.41) is 11.8. The Morgan fingerprint density at radius 1 is 1.07 bits per heavy atom. The van der Waals surface area contributed by atoms with Crippen molar-refractivity contribution in [3.63, 3.8) is 0 Å². The summed E-state index contributed by atoms with van der Waals surface area (Å²) in [5.74, 6) is 0. The predicted molar refractivity (Wildman–Crippen MR) is 111 cm³/mol. The highest BCUT2D eigenvalue weighted by Crippen LogP contribution is 2.30. The van der Waals surface area contributed by atoms with Crippen LogP contribution in [0.25, 0.3) is 10.2 Å². The summed E-state index contributed by atoms with van der Waals surface area (Å²) in [6, 6.07) is 13.2. The summed E-state index contributed by atoms with van der Waals surface area (Å²) in [7, 11) is -3.67. The number of nitro benzene ring substituents is 1. The number of non-ortho nitro benzene ring substituents is 1. The largest absolute Gasteiger partial charge is 0.292 e. The highest BCUT2D eigenvalue weighted by molar-refractivity contribution is 7.89. The van der Waals surface area contributed by atoms with Gasteiger partial charge in [0, 0.05) is 38.3 Å². The molecule has 1 aliphatic rings. The SMILES string of the molecule is CC(c1nc2ccccc2s1)N1CCN(S(=O)(=O)c2ccc([N+](=O)[O-])cc2)CC1. The minimum Gasteiger partial charge on any atom is -0.292 e. The van der Waals surface area contributed by atoms with Gasteiger partial charge in [-0.05, 0) is 31.2 Å². The highest BCUT2D eigenvalue weighted by Gasteiger charge is 2.31. The Hall–Kier alpha value is -2.40. The van der Waals surface area contributed by atoms with Gasteiger partial charge >= 0.3 is 0 Å². The molecule has 3 aromatic rings. The lowest BCUT2D eigenvalue weighted by atomic mass is 10.2. The van der Waals surface area contributed by atoms with Crippen LogP contribution in [0.15, 0.2) is 53.4 Å². The highest BCUT2D eigenvalue weighted by atomic mass is 32.2. The molecule has 1 fully saturated rings. The van der Waals surface area contributed by atoms with Gasteiger partial charge in [-0.25, -0.2) is 13.4 Å². The molecule has 2 aromatic carbocycles. The molecule has 1 atom stereocenters. The van der Waals surface area contributed by atoms with Crippen molar-refractivity contribution in [3.05, 3.63) is 63.7 Å². The predicted octanol–water partition coefficient (Wildman–Crippen LogP) is 3.27. The standard InChI is InChI=1S/C19H20N4O4S2/c1-14(19-20-17-4-2-3-5-18(17)28-19)21-10-12-22(13-11-21)29(26,27)16-8-6-15(7-9-16)23(24)25/h2-9,14H,10-13H2,1H3. The third-order valence-corrected chi connectivity index (χ3v) is 8.29. The van der Waals surface area contributed by atoms with E-state index in [9.17, 15) is 18.5 Å². The van der Waals surface area contributed by atoms with E-state index >= 15 is 0 Å². The number of sulfonamides is 1. The molecule has 1 saturated heterocycles. The van der Waals surface area contributed by atoms with E-state index in [0.29, 0.717) is 26.2 Å². The summed E-state index contributed by atoms with van der Waals surface area (Å²) in [4.78, 5) is 17.3. The van der Waals surface area contributed by atoms with Crippen LogP contribution < -0.4 is 0 Å². The molecule has 4 rings (SSSR count). The average Bonchev–Trinajstić information content (AvgIpc) is 3.17. The zero-order chi connectivity index (χ0) is 20.6. The first-order chi connectivity index (χ1) is 13.9. The monoisotopic (exact) mass is 432 g/mol. The fourth-order valence-corrected chi connectivity index (χ4v) is 5.92. The maximum atomic E-state index is 12.9. The summed E-state index contributed by atoms with van der Waals surface area (Å²) in [6.45, 7) is 4.04. The second kappa shape index (κ2) is 7.79. The first kappa shape index (κ1) is 19.9. The second-order valence-electron chi connectivity index (χ2n) is 6.89. The lowest BCUT2D eigenvalue weighted by Gasteiger charge is -2.36. The number of aromatic nitrogens is 1. The molecule has 0 aliphatic carbocycles. The Morgan fingerprint density at radius 3 is 2.34 bits per heavy atom. The number of benzene rings is 2. The quantitative estimate of drug-likeness (QED) is 0.453. The van der Waals surface area contributed by atoms with Crippen LogP contribution in [-0.4, -0.2) is 53.7 Å². The zero-order valence-corrected chi connectivity index (χ0v) is 17.4. The minimum atomic E-state index is -3.67. The van der Waals surface area contributed by atoms with E-state index < -0.39 is 14.9 Å². The van der Waals surface area contributed by atoms with Gasteiger partial charge in [0.25, 0.3) is 5.69 Å². The normalized spacial score (nSPS) is 17.4. The number of thiazole rings is 1. The molecular formula is C19H20N4O4S2. The van der Waals surface area contributed by atoms with E-state index in [2.05, 4.69) is 17.9 Å². The van der Waals surface area contributed by atoms with Crippen LogP contribution in [-0.2, 0) is 10.0 Å². The Bertz CT molecular complexity index is 1100. The van der Waals surface area contributed by atoms with Crippen molar-refractivity contribution in [2.75, 3.05) is 26.2 Å². The van der Waals surface area contributed by atoms with Gasteiger partial charge in [-0.1, -0.05) is 12.1 Å². The van der Waals surface area contributed by atoms with Gasteiger partial charge in [-0.2, -0.15) is 4.31 Å². The van der Waals surface area contributed by atoms with Gasteiger partial charge in [-0.15, -0.1) is 11.3 Å². The van der Waals surface area contributed by atoms with Crippen molar-refractivity contribution < 1.29 is 13.3 Å². The van der Waals surface area contributed by atoms with Crippen molar-refractivity contribution in [1.82, 2.24) is 14.2 Å². The molecule has 0 amide bonds. The zero-order valence-electron chi connectivity index (χ0n) is 15.8.